The highest BCUT2D eigenvalue weighted by molar-refractivity contribution is 7.85. The van der Waals surface area contributed by atoms with Gasteiger partial charge in [0.05, 0.1) is 4.90 Å². The molecule has 21 heavy (non-hydrogen) atoms. The summed E-state index contributed by atoms with van der Waals surface area (Å²) in [6.07, 6.45) is 0. The predicted octanol–water partition coefficient (Wildman–Crippen LogP) is 3.40. The molecule has 0 unspecified atom stereocenters. The summed E-state index contributed by atoms with van der Waals surface area (Å²) in [6.45, 7) is 2.03. The van der Waals surface area contributed by atoms with Crippen LogP contribution in [0.3, 0.4) is 0 Å². The lowest BCUT2D eigenvalue weighted by Crippen LogP contribution is -1.97. The topological polar surface area (TPSA) is 59.3 Å². The first-order valence-electron chi connectivity index (χ1n) is 6.50. The van der Waals surface area contributed by atoms with E-state index in [1.807, 2.05) is 48.9 Å². The van der Waals surface area contributed by atoms with E-state index >= 15 is 0 Å². The highest BCUT2D eigenvalue weighted by Gasteiger charge is 2.13. The van der Waals surface area contributed by atoms with Crippen molar-refractivity contribution in [1.82, 2.24) is 4.57 Å². The molecule has 1 aromatic heterocycles. The fourth-order valence-corrected chi connectivity index (χ4v) is 3.01. The molecule has 0 amide bonds. The molecule has 0 bridgehead atoms. The van der Waals surface area contributed by atoms with Crippen LogP contribution in [-0.4, -0.2) is 17.5 Å². The van der Waals surface area contributed by atoms with E-state index in [9.17, 15) is 8.42 Å². The van der Waals surface area contributed by atoms with Gasteiger partial charge in [0.2, 0.25) is 0 Å². The van der Waals surface area contributed by atoms with Gasteiger partial charge in [0.15, 0.2) is 0 Å². The fourth-order valence-electron chi connectivity index (χ4n) is 2.49. The molecular formula is C16H15NO3S. The lowest BCUT2D eigenvalue weighted by Gasteiger charge is -2.05. The molecule has 2 aromatic carbocycles. The van der Waals surface area contributed by atoms with Gasteiger partial charge in [-0.3, -0.25) is 4.55 Å². The molecule has 0 aliphatic rings. The van der Waals surface area contributed by atoms with E-state index in [0.29, 0.717) is 0 Å². The summed E-state index contributed by atoms with van der Waals surface area (Å²) in [6, 6.07) is 14.7. The van der Waals surface area contributed by atoms with E-state index in [-0.39, 0.29) is 4.90 Å². The van der Waals surface area contributed by atoms with Crippen LogP contribution in [-0.2, 0) is 17.2 Å². The largest absolute Gasteiger partial charge is 0.344 e. The van der Waals surface area contributed by atoms with Crippen LogP contribution >= 0.6 is 0 Å². The van der Waals surface area contributed by atoms with E-state index in [2.05, 4.69) is 0 Å². The zero-order valence-corrected chi connectivity index (χ0v) is 12.6. The van der Waals surface area contributed by atoms with Gasteiger partial charge < -0.3 is 4.57 Å². The summed E-state index contributed by atoms with van der Waals surface area (Å²) in [4.78, 5) is -0.0870. The summed E-state index contributed by atoms with van der Waals surface area (Å²) in [7, 11) is -2.24. The summed E-state index contributed by atoms with van der Waals surface area (Å²) in [5.74, 6) is 0. The van der Waals surface area contributed by atoms with Crippen LogP contribution in [0.15, 0.2) is 53.4 Å². The lowest BCUT2D eigenvalue weighted by atomic mass is 10.1. The van der Waals surface area contributed by atoms with Crippen molar-refractivity contribution in [1.29, 1.82) is 0 Å². The first kappa shape index (κ1) is 13.9. The number of hydrogen-bond donors (Lipinski definition) is 1. The van der Waals surface area contributed by atoms with Gasteiger partial charge in [0, 0.05) is 23.6 Å². The SMILES string of the molecule is Cc1ccc(-c2cc3cc(S(=O)(=O)O)ccc3n2C)cc1. The Balaban J connectivity index is 2.22. The minimum Gasteiger partial charge on any atom is -0.344 e. The molecule has 0 saturated carbocycles. The molecule has 0 atom stereocenters. The van der Waals surface area contributed by atoms with Gasteiger partial charge in [-0.1, -0.05) is 29.8 Å². The monoisotopic (exact) mass is 301 g/mol. The van der Waals surface area contributed by atoms with Crippen molar-refractivity contribution in [2.24, 2.45) is 7.05 Å². The average Bonchev–Trinajstić information content (AvgIpc) is 2.76. The Hall–Kier alpha value is -2.11. The molecular weight excluding hydrogens is 286 g/mol. The normalized spacial score (nSPS) is 12.0. The van der Waals surface area contributed by atoms with Crippen LogP contribution in [0.25, 0.3) is 22.2 Å². The first-order chi connectivity index (χ1) is 9.86. The summed E-state index contributed by atoms with van der Waals surface area (Å²) >= 11 is 0. The minimum absolute atomic E-state index is 0.0870. The zero-order valence-electron chi connectivity index (χ0n) is 11.7. The fraction of sp³-hybridized carbons (Fsp3) is 0.125. The summed E-state index contributed by atoms with van der Waals surface area (Å²) < 4.78 is 33.6. The van der Waals surface area contributed by atoms with Crippen LogP contribution in [0, 0.1) is 6.92 Å². The number of fused-ring (bicyclic) bond motifs is 1. The van der Waals surface area contributed by atoms with E-state index in [4.69, 9.17) is 4.55 Å². The van der Waals surface area contributed by atoms with Crippen LogP contribution in [0.2, 0.25) is 0 Å². The summed E-state index contributed by atoms with van der Waals surface area (Å²) in [5, 5.41) is 0.781. The molecule has 3 rings (SSSR count). The Morgan fingerprint density at radius 1 is 1.00 bits per heavy atom. The Morgan fingerprint density at radius 2 is 1.67 bits per heavy atom. The molecule has 108 valence electrons. The van der Waals surface area contributed by atoms with Crippen LogP contribution in [0.5, 0.6) is 0 Å². The van der Waals surface area contributed by atoms with Gasteiger partial charge in [-0.05, 0) is 36.8 Å². The lowest BCUT2D eigenvalue weighted by molar-refractivity contribution is 0.483. The standard InChI is InChI=1S/C16H15NO3S/c1-11-3-5-12(6-4-11)16-10-13-9-14(21(18,19)20)7-8-15(13)17(16)2/h3-10H,1-2H3,(H,18,19,20). The molecule has 0 aliphatic heterocycles. The van der Waals surface area contributed by atoms with Gasteiger partial charge >= 0.3 is 0 Å². The average molecular weight is 301 g/mol. The second-order valence-electron chi connectivity index (χ2n) is 5.15. The summed E-state index contributed by atoms with van der Waals surface area (Å²) in [5.41, 5.74) is 4.16. The zero-order chi connectivity index (χ0) is 15.2. The third-order valence-corrected chi connectivity index (χ3v) is 4.51. The highest BCUT2D eigenvalue weighted by atomic mass is 32.2. The third-order valence-electron chi connectivity index (χ3n) is 3.66. The maximum absolute atomic E-state index is 11.2. The van der Waals surface area contributed by atoms with Gasteiger partial charge in [0.1, 0.15) is 0 Å². The number of aryl methyl sites for hydroxylation is 2. The van der Waals surface area contributed by atoms with Crippen molar-refractivity contribution in [2.45, 2.75) is 11.8 Å². The quantitative estimate of drug-likeness (QED) is 0.738. The maximum atomic E-state index is 11.2. The smallest absolute Gasteiger partial charge is 0.294 e. The molecule has 1 N–H and O–H groups in total. The van der Waals surface area contributed by atoms with Gasteiger partial charge in [-0.2, -0.15) is 8.42 Å². The Morgan fingerprint density at radius 3 is 2.29 bits per heavy atom. The van der Waals surface area contributed by atoms with Crippen molar-refractivity contribution in [3.05, 3.63) is 54.1 Å². The van der Waals surface area contributed by atoms with Crippen molar-refractivity contribution in [2.75, 3.05) is 0 Å². The van der Waals surface area contributed by atoms with Crippen LogP contribution in [0.4, 0.5) is 0 Å². The number of nitrogens with zero attached hydrogens (tertiary/aromatic N) is 1. The second kappa shape index (κ2) is 4.72. The van der Waals surface area contributed by atoms with Crippen molar-refractivity contribution < 1.29 is 13.0 Å². The number of aromatic nitrogens is 1. The predicted molar refractivity (Wildman–Crippen MR) is 82.9 cm³/mol. The third kappa shape index (κ3) is 2.46. The van der Waals surface area contributed by atoms with Crippen molar-refractivity contribution >= 4 is 21.0 Å². The molecule has 0 fully saturated rings. The number of hydrogen-bond acceptors (Lipinski definition) is 2. The Bertz CT molecular complexity index is 922. The molecule has 5 heteroatoms. The maximum Gasteiger partial charge on any atom is 0.294 e. The molecule has 0 aliphatic carbocycles. The second-order valence-corrected chi connectivity index (χ2v) is 6.57. The van der Waals surface area contributed by atoms with E-state index in [0.717, 1.165) is 22.2 Å². The van der Waals surface area contributed by atoms with Gasteiger partial charge in [-0.25, -0.2) is 0 Å². The molecule has 3 aromatic rings. The molecule has 0 spiro atoms. The van der Waals surface area contributed by atoms with E-state index < -0.39 is 10.1 Å². The van der Waals surface area contributed by atoms with Crippen molar-refractivity contribution in [3.8, 4) is 11.3 Å². The molecule has 1 heterocycles. The number of benzene rings is 2. The minimum atomic E-state index is -4.18. The molecule has 4 nitrogen and oxygen atoms in total. The van der Waals surface area contributed by atoms with E-state index in [1.165, 1.54) is 17.7 Å². The van der Waals surface area contributed by atoms with Crippen molar-refractivity contribution in [3.63, 3.8) is 0 Å². The number of rotatable bonds is 2. The first-order valence-corrected chi connectivity index (χ1v) is 7.94. The molecule has 0 radical (unpaired) electrons. The van der Waals surface area contributed by atoms with E-state index in [1.54, 1.807) is 6.07 Å². The van der Waals surface area contributed by atoms with Gasteiger partial charge in [-0.15, -0.1) is 0 Å². The van der Waals surface area contributed by atoms with Crippen LogP contribution in [0.1, 0.15) is 5.56 Å². The molecule has 0 saturated heterocycles. The van der Waals surface area contributed by atoms with Crippen LogP contribution < -0.4 is 0 Å². The Kier molecular flexibility index (Phi) is 3.11. The van der Waals surface area contributed by atoms with Gasteiger partial charge in [0.25, 0.3) is 10.1 Å². The Labute approximate surface area is 123 Å². The highest BCUT2D eigenvalue weighted by Crippen LogP contribution is 2.29.